The van der Waals surface area contributed by atoms with E-state index in [9.17, 15) is 0 Å². The number of rotatable bonds is 0. The largest absolute Gasteiger partial charge is 0.368 e. The molecule has 0 fully saturated rings. The molecule has 5 nitrogen and oxygen atoms in total. The van der Waals surface area contributed by atoms with Gasteiger partial charge in [-0.1, -0.05) is 0 Å². The highest BCUT2D eigenvalue weighted by Gasteiger charge is 2.00. The first-order chi connectivity index (χ1) is 4.20. The van der Waals surface area contributed by atoms with Gasteiger partial charge in [0.15, 0.2) is 5.17 Å². The van der Waals surface area contributed by atoms with Gasteiger partial charge in [0.05, 0.1) is 0 Å². The van der Waals surface area contributed by atoms with E-state index in [0.717, 1.165) is 0 Å². The van der Waals surface area contributed by atoms with E-state index in [-0.39, 0.29) is 5.17 Å². The second kappa shape index (κ2) is 4.16. The van der Waals surface area contributed by atoms with E-state index in [2.05, 4.69) is 10.2 Å². The average molecular weight is 149 g/mol. The molecule has 0 saturated carbocycles. The highest BCUT2D eigenvalue weighted by atomic mass is 32.2. The Bertz CT molecular complexity index is 112. The van der Waals surface area contributed by atoms with Crippen molar-refractivity contribution in [3.8, 4) is 0 Å². The predicted octanol–water partition coefficient (Wildman–Crippen LogP) is 0.298. The van der Waals surface area contributed by atoms with Crippen LogP contribution in [0.2, 0.25) is 0 Å². The first-order valence-corrected chi connectivity index (χ1v) is 2.86. The summed E-state index contributed by atoms with van der Waals surface area (Å²) in [4.78, 5) is 3.49. The van der Waals surface area contributed by atoms with Crippen molar-refractivity contribution in [3.05, 3.63) is 0 Å². The summed E-state index contributed by atoms with van der Waals surface area (Å²) in [7, 11) is 1.54. The summed E-state index contributed by atoms with van der Waals surface area (Å²) in [6, 6.07) is 0. The van der Waals surface area contributed by atoms with Crippen LogP contribution in [0.15, 0.2) is 0 Å². The molecular weight excluding hydrogens is 142 g/mol. The van der Waals surface area contributed by atoms with Gasteiger partial charge in [-0.15, -0.1) is 0 Å². The molecule has 0 saturated heterocycles. The minimum atomic E-state index is -0.422. The van der Waals surface area contributed by atoms with Crippen LogP contribution in [0.25, 0.3) is 0 Å². The predicted molar refractivity (Wildman–Crippen MR) is 35.8 cm³/mol. The zero-order chi connectivity index (χ0) is 7.28. The van der Waals surface area contributed by atoms with Crippen molar-refractivity contribution in [3.63, 3.8) is 0 Å². The van der Waals surface area contributed by atoms with Gasteiger partial charge in [0, 0.05) is 18.8 Å². The molecule has 0 bridgehead atoms. The first-order valence-electron chi connectivity index (χ1n) is 2.04. The molecule has 0 aliphatic rings. The van der Waals surface area contributed by atoms with Crippen LogP contribution in [-0.4, -0.2) is 22.7 Å². The Morgan fingerprint density at radius 2 is 2.22 bits per heavy atom. The Morgan fingerprint density at radius 3 is 2.56 bits per heavy atom. The van der Waals surface area contributed by atoms with Crippen LogP contribution in [0.3, 0.4) is 0 Å². The van der Waals surface area contributed by atoms with Gasteiger partial charge in [-0.2, -0.15) is 0 Å². The minimum Gasteiger partial charge on any atom is -0.368 e. The van der Waals surface area contributed by atoms with Crippen LogP contribution in [0, 0.1) is 10.8 Å². The van der Waals surface area contributed by atoms with Crippen molar-refractivity contribution in [2.24, 2.45) is 0 Å². The third-order valence-electron chi connectivity index (χ3n) is 0.505. The summed E-state index contributed by atoms with van der Waals surface area (Å²) in [6.07, 6.45) is 0. The van der Waals surface area contributed by atoms with E-state index >= 15 is 0 Å². The second-order valence-corrected chi connectivity index (χ2v) is 2.04. The van der Waals surface area contributed by atoms with E-state index in [0.29, 0.717) is 11.8 Å². The third-order valence-corrected chi connectivity index (χ3v) is 1.17. The Balaban J connectivity index is 3.47. The third kappa shape index (κ3) is 3.80. The fourth-order valence-electron chi connectivity index (χ4n) is 0.162. The van der Waals surface area contributed by atoms with Crippen LogP contribution in [0.1, 0.15) is 0 Å². The van der Waals surface area contributed by atoms with E-state index in [1.165, 1.54) is 0 Å². The van der Waals surface area contributed by atoms with Crippen molar-refractivity contribution < 1.29 is 10.1 Å². The van der Waals surface area contributed by atoms with Crippen LogP contribution in [0.5, 0.6) is 0 Å². The van der Waals surface area contributed by atoms with Crippen molar-refractivity contribution >= 4 is 22.2 Å². The molecule has 0 aromatic rings. The van der Waals surface area contributed by atoms with Gasteiger partial charge in [-0.25, -0.2) is 5.26 Å². The Hall–Kier alpha value is -0.750. The van der Waals surface area contributed by atoms with E-state index in [1.807, 2.05) is 0 Å². The normalized spacial score (nSPS) is 8.22. The maximum Gasteiger partial charge on any atom is 0.291 e. The molecule has 0 amide bonds. The molecule has 0 aromatic carbocycles. The molecule has 0 heterocycles. The fourth-order valence-corrected chi connectivity index (χ4v) is 0.487. The Labute approximate surface area is 56.3 Å². The molecule has 0 atom stereocenters. The second-order valence-electron chi connectivity index (χ2n) is 1.06. The maximum absolute atomic E-state index is 7.81. The number of hydrogen-bond donors (Lipinski definition) is 4. The molecule has 6 heteroatoms. The highest BCUT2D eigenvalue weighted by molar-refractivity contribution is 8.26. The van der Waals surface area contributed by atoms with Crippen LogP contribution in [-0.2, 0) is 4.89 Å². The smallest absolute Gasteiger partial charge is 0.291 e. The average Bonchev–Trinajstić information content (AvgIpc) is 1.87. The van der Waals surface area contributed by atoms with Gasteiger partial charge in [-0.3, -0.25) is 10.8 Å². The van der Waals surface area contributed by atoms with Gasteiger partial charge < -0.3 is 10.2 Å². The molecule has 0 radical (unpaired) electrons. The zero-order valence-electron chi connectivity index (χ0n) is 4.76. The van der Waals surface area contributed by atoms with E-state index < -0.39 is 5.23 Å². The molecule has 4 N–H and O–H groups in total. The SMILES string of the molecule is CNC(=N)SC(=N)OO. The zero-order valence-corrected chi connectivity index (χ0v) is 5.58. The van der Waals surface area contributed by atoms with Gasteiger partial charge in [-0.05, 0) is 0 Å². The van der Waals surface area contributed by atoms with Crippen LogP contribution < -0.4 is 5.32 Å². The van der Waals surface area contributed by atoms with Crippen molar-refractivity contribution in [2.75, 3.05) is 7.05 Å². The van der Waals surface area contributed by atoms with Crippen LogP contribution in [0.4, 0.5) is 0 Å². The molecule has 9 heavy (non-hydrogen) atoms. The minimum absolute atomic E-state index is 0.0500. The fraction of sp³-hybridized carbons (Fsp3) is 0.333. The lowest BCUT2D eigenvalue weighted by molar-refractivity contribution is -0.151. The summed E-state index contributed by atoms with van der Waals surface area (Å²) in [5.74, 6) is 0. The van der Waals surface area contributed by atoms with E-state index in [1.54, 1.807) is 7.05 Å². The summed E-state index contributed by atoms with van der Waals surface area (Å²) < 4.78 is 0. The molecule has 52 valence electrons. The molecule has 0 aromatic heterocycles. The maximum atomic E-state index is 7.81. The quantitative estimate of drug-likeness (QED) is 0.172. The molecule has 0 aliphatic carbocycles. The summed E-state index contributed by atoms with van der Waals surface area (Å²) in [5.41, 5.74) is 0. The lowest BCUT2D eigenvalue weighted by Gasteiger charge is -1.98. The number of thioether (sulfide) groups is 1. The Kier molecular flexibility index (Phi) is 3.81. The van der Waals surface area contributed by atoms with Gasteiger partial charge in [0.25, 0.3) is 5.23 Å². The number of hydrogen-bond acceptors (Lipinski definition) is 5. The van der Waals surface area contributed by atoms with Crippen molar-refractivity contribution in [1.29, 1.82) is 10.8 Å². The molecule has 0 rings (SSSR count). The van der Waals surface area contributed by atoms with Gasteiger partial charge in [0.2, 0.25) is 0 Å². The summed E-state index contributed by atoms with van der Waals surface area (Å²) in [5, 5.41) is 23.5. The lowest BCUT2D eigenvalue weighted by Crippen LogP contribution is -2.15. The summed E-state index contributed by atoms with van der Waals surface area (Å²) in [6.45, 7) is 0. The van der Waals surface area contributed by atoms with Crippen molar-refractivity contribution in [2.45, 2.75) is 0 Å². The van der Waals surface area contributed by atoms with E-state index in [4.69, 9.17) is 16.1 Å². The Morgan fingerprint density at radius 1 is 1.67 bits per heavy atom. The monoisotopic (exact) mass is 149 g/mol. The summed E-state index contributed by atoms with van der Waals surface area (Å²) >= 11 is 0.683. The van der Waals surface area contributed by atoms with Crippen molar-refractivity contribution in [1.82, 2.24) is 5.32 Å². The van der Waals surface area contributed by atoms with Crippen LogP contribution >= 0.6 is 11.8 Å². The van der Waals surface area contributed by atoms with Gasteiger partial charge >= 0.3 is 0 Å². The molecule has 0 unspecified atom stereocenters. The standard InChI is InChI=1S/C3H7N3O2S/c1-6-2(4)9-3(5)8-7/h5,7H,1H3,(H2,4,6). The highest BCUT2D eigenvalue weighted by Crippen LogP contribution is 2.00. The lowest BCUT2D eigenvalue weighted by atomic mass is 11.2. The first kappa shape index (κ1) is 8.25. The molecule has 0 spiro atoms. The topological polar surface area (TPSA) is 89.2 Å². The molecule has 0 aliphatic heterocycles. The van der Waals surface area contributed by atoms with Gasteiger partial charge in [0.1, 0.15) is 0 Å². The molecular formula is C3H7N3O2S. The number of amidine groups is 1. The number of nitrogens with one attached hydrogen (secondary N) is 3.